The van der Waals surface area contributed by atoms with Crippen LogP contribution in [0.25, 0.3) is 0 Å². The van der Waals surface area contributed by atoms with E-state index >= 15 is 0 Å². The molecule has 22 heavy (non-hydrogen) atoms. The largest absolute Gasteiger partial charge is 0.478 e. The number of hydrogen-bond donors (Lipinski definition) is 1. The van der Waals surface area contributed by atoms with Crippen molar-refractivity contribution in [1.29, 1.82) is 0 Å². The van der Waals surface area contributed by atoms with Gasteiger partial charge in [-0.25, -0.2) is 4.79 Å². The van der Waals surface area contributed by atoms with Gasteiger partial charge in [0, 0.05) is 37.6 Å². The Bertz CT molecular complexity index is 645. The fraction of sp³-hybridized carbons (Fsp3) is 0.353. The number of rotatable bonds is 4. The van der Waals surface area contributed by atoms with Crippen LogP contribution in [0.2, 0.25) is 0 Å². The van der Waals surface area contributed by atoms with Gasteiger partial charge in [-0.3, -0.25) is 14.9 Å². The predicted octanol–water partition coefficient (Wildman–Crippen LogP) is 2.55. The Morgan fingerprint density at radius 2 is 2.18 bits per heavy atom. The lowest BCUT2D eigenvalue weighted by Gasteiger charge is -2.32. The number of likely N-dealkylation sites (tertiary alicyclic amines) is 1. The average Bonchev–Trinajstić information content (AvgIpc) is 2.56. The molecule has 1 aliphatic rings. The third-order valence-corrected chi connectivity index (χ3v) is 4.15. The SMILES string of the molecule is O=C(O)c1ccccc1CN1CCC[C@@H](c2cnccn2)C1. The summed E-state index contributed by atoms with van der Waals surface area (Å²) in [5.74, 6) is -0.488. The van der Waals surface area contributed by atoms with Crippen LogP contribution in [0.4, 0.5) is 0 Å². The molecule has 1 aliphatic heterocycles. The summed E-state index contributed by atoms with van der Waals surface area (Å²) in [5.41, 5.74) is 2.29. The zero-order chi connectivity index (χ0) is 15.4. The van der Waals surface area contributed by atoms with Crippen LogP contribution in [0.1, 0.15) is 40.4 Å². The van der Waals surface area contributed by atoms with Crippen LogP contribution in [0, 0.1) is 0 Å². The van der Waals surface area contributed by atoms with E-state index in [-0.39, 0.29) is 0 Å². The molecule has 1 aromatic heterocycles. The molecule has 114 valence electrons. The number of carboxylic acid groups (broad SMARTS) is 1. The van der Waals surface area contributed by atoms with Gasteiger partial charge < -0.3 is 5.11 Å². The van der Waals surface area contributed by atoms with Crippen molar-refractivity contribution in [2.24, 2.45) is 0 Å². The van der Waals surface area contributed by atoms with Crippen LogP contribution in [-0.2, 0) is 6.54 Å². The Morgan fingerprint density at radius 1 is 1.32 bits per heavy atom. The molecule has 2 heterocycles. The number of carbonyl (C=O) groups is 1. The zero-order valence-electron chi connectivity index (χ0n) is 12.4. The van der Waals surface area contributed by atoms with E-state index in [0.29, 0.717) is 18.0 Å². The molecular weight excluding hydrogens is 278 g/mol. The average molecular weight is 297 g/mol. The van der Waals surface area contributed by atoms with Crippen LogP contribution in [0.3, 0.4) is 0 Å². The first-order valence-electron chi connectivity index (χ1n) is 7.53. The minimum atomic E-state index is -0.863. The Labute approximate surface area is 129 Å². The normalized spacial score (nSPS) is 19.0. The third kappa shape index (κ3) is 3.31. The van der Waals surface area contributed by atoms with E-state index in [1.165, 1.54) is 0 Å². The molecule has 1 fully saturated rings. The molecule has 0 aliphatic carbocycles. The van der Waals surface area contributed by atoms with E-state index in [0.717, 1.165) is 37.2 Å². The lowest BCUT2D eigenvalue weighted by Crippen LogP contribution is -2.34. The Hall–Kier alpha value is -2.27. The van der Waals surface area contributed by atoms with E-state index in [2.05, 4.69) is 14.9 Å². The van der Waals surface area contributed by atoms with Crippen molar-refractivity contribution in [1.82, 2.24) is 14.9 Å². The van der Waals surface area contributed by atoms with Gasteiger partial charge in [0.25, 0.3) is 0 Å². The molecule has 3 rings (SSSR count). The maximum atomic E-state index is 11.3. The molecule has 1 saturated heterocycles. The van der Waals surface area contributed by atoms with Crippen LogP contribution in [-0.4, -0.2) is 39.0 Å². The fourth-order valence-electron chi connectivity index (χ4n) is 3.07. The van der Waals surface area contributed by atoms with E-state index in [4.69, 9.17) is 0 Å². The van der Waals surface area contributed by atoms with Crippen molar-refractivity contribution in [3.8, 4) is 0 Å². The first-order chi connectivity index (χ1) is 10.7. The summed E-state index contributed by atoms with van der Waals surface area (Å²) in [6.07, 6.45) is 7.45. The van der Waals surface area contributed by atoms with E-state index in [1.54, 1.807) is 24.5 Å². The van der Waals surface area contributed by atoms with Gasteiger partial charge in [-0.05, 0) is 31.0 Å². The lowest BCUT2D eigenvalue weighted by molar-refractivity contribution is 0.0694. The molecule has 0 amide bonds. The maximum Gasteiger partial charge on any atom is 0.336 e. The van der Waals surface area contributed by atoms with Gasteiger partial charge in [0.2, 0.25) is 0 Å². The van der Waals surface area contributed by atoms with Gasteiger partial charge >= 0.3 is 5.97 Å². The number of carboxylic acids is 1. The van der Waals surface area contributed by atoms with Crippen molar-refractivity contribution in [3.05, 3.63) is 59.7 Å². The second-order valence-corrected chi connectivity index (χ2v) is 5.67. The van der Waals surface area contributed by atoms with Crippen LogP contribution < -0.4 is 0 Å². The monoisotopic (exact) mass is 297 g/mol. The Morgan fingerprint density at radius 3 is 2.95 bits per heavy atom. The first-order valence-corrected chi connectivity index (χ1v) is 7.53. The molecule has 2 aromatic rings. The van der Waals surface area contributed by atoms with Gasteiger partial charge in [-0.1, -0.05) is 18.2 Å². The minimum absolute atomic E-state index is 0.374. The van der Waals surface area contributed by atoms with E-state index in [9.17, 15) is 9.90 Å². The molecule has 0 saturated carbocycles. The van der Waals surface area contributed by atoms with Gasteiger partial charge in [0.15, 0.2) is 0 Å². The molecule has 0 radical (unpaired) electrons. The Balaban J connectivity index is 1.72. The smallest absolute Gasteiger partial charge is 0.336 e. The molecule has 0 unspecified atom stereocenters. The summed E-state index contributed by atoms with van der Waals surface area (Å²) in [5, 5.41) is 9.29. The second kappa shape index (κ2) is 6.66. The summed E-state index contributed by atoms with van der Waals surface area (Å²) in [6.45, 7) is 2.55. The summed E-state index contributed by atoms with van der Waals surface area (Å²) in [7, 11) is 0. The van der Waals surface area contributed by atoms with E-state index in [1.807, 2.05) is 18.3 Å². The van der Waals surface area contributed by atoms with Gasteiger partial charge in [0.05, 0.1) is 11.3 Å². The fourth-order valence-corrected chi connectivity index (χ4v) is 3.07. The Kier molecular flexibility index (Phi) is 4.44. The highest BCUT2D eigenvalue weighted by Gasteiger charge is 2.23. The summed E-state index contributed by atoms with van der Waals surface area (Å²) >= 11 is 0. The van der Waals surface area contributed by atoms with Crippen LogP contribution >= 0.6 is 0 Å². The lowest BCUT2D eigenvalue weighted by atomic mass is 9.94. The first kappa shape index (κ1) is 14.7. The van der Waals surface area contributed by atoms with Gasteiger partial charge in [-0.2, -0.15) is 0 Å². The van der Waals surface area contributed by atoms with Gasteiger partial charge in [0.1, 0.15) is 0 Å². The third-order valence-electron chi connectivity index (χ3n) is 4.15. The highest BCUT2D eigenvalue weighted by molar-refractivity contribution is 5.89. The molecule has 5 nitrogen and oxygen atoms in total. The second-order valence-electron chi connectivity index (χ2n) is 5.67. The summed E-state index contributed by atoms with van der Waals surface area (Å²) in [4.78, 5) is 22.2. The molecule has 5 heteroatoms. The van der Waals surface area contributed by atoms with Crippen molar-refractivity contribution >= 4 is 5.97 Å². The highest BCUT2D eigenvalue weighted by Crippen LogP contribution is 2.26. The maximum absolute atomic E-state index is 11.3. The van der Waals surface area contributed by atoms with Crippen molar-refractivity contribution < 1.29 is 9.90 Å². The number of hydrogen-bond acceptors (Lipinski definition) is 4. The number of nitrogens with zero attached hydrogens (tertiary/aromatic N) is 3. The van der Waals surface area contributed by atoms with Crippen LogP contribution in [0.15, 0.2) is 42.9 Å². The molecule has 1 atom stereocenters. The van der Waals surface area contributed by atoms with Gasteiger partial charge in [-0.15, -0.1) is 0 Å². The predicted molar refractivity (Wildman–Crippen MR) is 82.7 cm³/mol. The number of aromatic carboxylic acids is 1. The topological polar surface area (TPSA) is 66.3 Å². The molecule has 1 aromatic carbocycles. The zero-order valence-corrected chi connectivity index (χ0v) is 12.4. The van der Waals surface area contributed by atoms with Crippen LogP contribution in [0.5, 0.6) is 0 Å². The summed E-state index contributed by atoms with van der Waals surface area (Å²) < 4.78 is 0. The molecule has 0 spiro atoms. The van der Waals surface area contributed by atoms with Crippen molar-refractivity contribution in [2.45, 2.75) is 25.3 Å². The molecule has 0 bridgehead atoms. The highest BCUT2D eigenvalue weighted by atomic mass is 16.4. The number of aromatic nitrogens is 2. The number of piperidine rings is 1. The molecular formula is C17H19N3O2. The summed E-state index contributed by atoms with van der Waals surface area (Å²) in [6, 6.07) is 7.23. The standard InChI is InChI=1S/C17H19N3O2/c21-17(22)15-6-2-1-4-13(15)11-20-9-3-5-14(12-20)16-10-18-7-8-19-16/h1-2,4,6-8,10,14H,3,5,9,11-12H2,(H,21,22)/t14-/m1/s1. The van der Waals surface area contributed by atoms with E-state index < -0.39 is 5.97 Å². The van der Waals surface area contributed by atoms with Crippen molar-refractivity contribution in [2.75, 3.05) is 13.1 Å². The molecule has 1 N–H and O–H groups in total. The van der Waals surface area contributed by atoms with Crippen molar-refractivity contribution in [3.63, 3.8) is 0 Å². The quantitative estimate of drug-likeness (QED) is 0.939. The number of benzene rings is 1. The minimum Gasteiger partial charge on any atom is -0.478 e.